The van der Waals surface area contributed by atoms with Gasteiger partial charge in [-0.3, -0.25) is 0 Å². The molecule has 0 saturated carbocycles. The molecule has 14 heavy (non-hydrogen) atoms. The minimum Gasteiger partial charge on any atom is -0.356 e. The fourth-order valence-electron chi connectivity index (χ4n) is 1.04. The minimum atomic E-state index is 0.835. The van der Waals surface area contributed by atoms with E-state index in [0.717, 1.165) is 23.9 Å². The summed E-state index contributed by atoms with van der Waals surface area (Å²) in [6, 6.07) is 2.11. The van der Waals surface area contributed by atoms with Crippen LogP contribution < -0.4 is 5.32 Å². The van der Waals surface area contributed by atoms with Gasteiger partial charge in [0, 0.05) is 24.5 Å². The molecule has 1 N–H and O–H groups in total. The maximum Gasteiger partial charge on any atom is 0.202 e. The second-order valence-corrected chi connectivity index (χ2v) is 4.39. The third kappa shape index (κ3) is 2.30. The molecule has 0 radical (unpaired) electrons. The van der Waals surface area contributed by atoms with E-state index in [9.17, 15) is 0 Å². The third-order valence-electron chi connectivity index (χ3n) is 1.81. The molecule has 2 heterocycles. The highest BCUT2D eigenvalue weighted by Crippen LogP contribution is 2.13. The zero-order valence-electron chi connectivity index (χ0n) is 7.86. The van der Waals surface area contributed by atoms with Crippen molar-refractivity contribution in [1.29, 1.82) is 0 Å². The monoisotopic (exact) mass is 225 g/mol. The number of nitrogens with zero attached hydrogens (tertiary/aromatic N) is 2. The van der Waals surface area contributed by atoms with Gasteiger partial charge in [0.05, 0.1) is 0 Å². The molecule has 2 rings (SSSR count). The number of nitrogens with one attached hydrogen (secondary N) is 1. The largest absolute Gasteiger partial charge is 0.356 e. The Morgan fingerprint density at radius 1 is 1.50 bits per heavy atom. The molecule has 0 aliphatic heterocycles. The van der Waals surface area contributed by atoms with Crippen molar-refractivity contribution in [1.82, 2.24) is 9.36 Å². The van der Waals surface area contributed by atoms with Crippen LogP contribution in [0.3, 0.4) is 0 Å². The molecule has 2 aromatic heterocycles. The minimum absolute atomic E-state index is 0.835. The summed E-state index contributed by atoms with van der Waals surface area (Å²) in [5.74, 6) is 0.919. The number of thiophene rings is 1. The number of hydrogen-bond acceptors (Lipinski definition) is 5. The molecule has 3 nitrogen and oxygen atoms in total. The fraction of sp³-hybridized carbons (Fsp3) is 0.333. The molecule has 0 aliphatic rings. The second kappa shape index (κ2) is 4.52. The molecule has 0 aliphatic carbocycles. The zero-order chi connectivity index (χ0) is 9.80. The molecule has 0 spiro atoms. The first-order valence-corrected chi connectivity index (χ1v) is 6.17. The number of aryl methyl sites for hydroxylation is 1. The Balaban J connectivity index is 1.92. The van der Waals surface area contributed by atoms with Crippen molar-refractivity contribution in [3.8, 4) is 0 Å². The van der Waals surface area contributed by atoms with Crippen molar-refractivity contribution in [2.75, 3.05) is 5.32 Å². The number of hydrogen-bond donors (Lipinski definition) is 1. The van der Waals surface area contributed by atoms with E-state index < -0.39 is 0 Å². The van der Waals surface area contributed by atoms with Gasteiger partial charge >= 0.3 is 0 Å². The first-order chi connectivity index (χ1) is 6.88. The lowest BCUT2D eigenvalue weighted by molar-refractivity contribution is 0.993. The van der Waals surface area contributed by atoms with E-state index in [-0.39, 0.29) is 0 Å². The first kappa shape index (κ1) is 9.61. The lowest BCUT2D eigenvalue weighted by Gasteiger charge is -1.97. The summed E-state index contributed by atoms with van der Waals surface area (Å²) >= 11 is 3.14. The van der Waals surface area contributed by atoms with Gasteiger partial charge in [0.2, 0.25) is 5.13 Å². The second-order valence-electron chi connectivity index (χ2n) is 2.85. The van der Waals surface area contributed by atoms with E-state index in [2.05, 4.69) is 38.4 Å². The van der Waals surface area contributed by atoms with E-state index in [1.807, 2.05) is 0 Å². The van der Waals surface area contributed by atoms with Crippen molar-refractivity contribution in [3.05, 3.63) is 28.2 Å². The first-order valence-electron chi connectivity index (χ1n) is 4.46. The van der Waals surface area contributed by atoms with Crippen LogP contribution in [-0.4, -0.2) is 9.36 Å². The molecule has 0 amide bonds. The van der Waals surface area contributed by atoms with Gasteiger partial charge in [-0.25, -0.2) is 4.98 Å². The molecule has 5 heteroatoms. The molecule has 0 bridgehead atoms. The third-order valence-corrected chi connectivity index (χ3v) is 3.25. The van der Waals surface area contributed by atoms with Gasteiger partial charge < -0.3 is 5.32 Å². The lowest BCUT2D eigenvalue weighted by Crippen LogP contribution is -1.97. The Hall–Kier alpha value is -0.940. The fourth-order valence-corrected chi connectivity index (χ4v) is 2.35. The summed E-state index contributed by atoms with van der Waals surface area (Å²) in [4.78, 5) is 4.33. The molecule has 2 aromatic rings. The molecule has 0 unspecified atom stereocenters. The Bertz CT molecular complexity index is 380. The molecular formula is C9H11N3S2. The van der Waals surface area contributed by atoms with Crippen LogP contribution in [-0.2, 0) is 13.0 Å². The van der Waals surface area contributed by atoms with Gasteiger partial charge in [-0.05, 0) is 22.4 Å². The van der Waals surface area contributed by atoms with Crippen LogP contribution in [0.5, 0.6) is 0 Å². The summed E-state index contributed by atoms with van der Waals surface area (Å²) in [7, 11) is 0. The zero-order valence-corrected chi connectivity index (χ0v) is 9.49. The highest BCUT2D eigenvalue weighted by molar-refractivity contribution is 7.09. The molecule has 74 valence electrons. The Morgan fingerprint density at radius 2 is 2.43 bits per heavy atom. The molecule has 0 saturated heterocycles. The van der Waals surface area contributed by atoms with Gasteiger partial charge in [-0.2, -0.15) is 15.7 Å². The quantitative estimate of drug-likeness (QED) is 0.869. The van der Waals surface area contributed by atoms with Crippen LogP contribution in [0.2, 0.25) is 0 Å². The normalized spacial score (nSPS) is 10.4. The average Bonchev–Trinajstić information content (AvgIpc) is 2.86. The molecule has 0 atom stereocenters. The van der Waals surface area contributed by atoms with E-state index in [0.29, 0.717) is 0 Å². The lowest BCUT2D eigenvalue weighted by atomic mass is 10.3. The van der Waals surface area contributed by atoms with Gasteiger partial charge in [-0.1, -0.05) is 6.92 Å². The SMILES string of the molecule is CCc1nsc(NCc2ccsc2)n1. The Labute approximate surface area is 91.0 Å². The van der Waals surface area contributed by atoms with Crippen LogP contribution in [0.15, 0.2) is 16.8 Å². The van der Waals surface area contributed by atoms with Crippen LogP contribution in [0.25, 0.3) is 0 Å². The maximum atomic E-state index is 4.33. The number of anilines is 1. The van der Waals surface area contributed by atoms with Crippen molar-refractivity contribution in [2.24, 2.45) is 0 Å². The summed E-state index contributed by atoms with van der Waals surface area (Å²) in [5, 5.41) is 8.38. The predicted molar refractivity (Wildman–Crippen MR) is 60.9 cm³/mol. The maximum absolute atomic E-state index is 4.33. The number of aromatic nitrogens is 2. The van der Waals surface area contributed by atoms with Crippen molar-refractivity contribution in [3.63, 3.8) is 0 Å². The standard InChI is InChI=1S/C9H11N3S2/c1-2-8-11-9(14-12-8)10-5-7-3-4-13-6-7/h3-4,6H,2,5H2,1H3,(H,10,11,12). The summed E-state index contributed by atoms with van der Waals surface area (Å²) < 4.78 is 4.21. The number of rotatable bonds is 4. The predicted octanol–water partition coefficient (Wildman–Crippen LogP) is 2.77. The topological polar surface area (TPSA) is 37.8 Å². The summed E-state index contributed by atoms with van der Waals surface area (Å²) in [6.45, 7) is 2.90. The van der Waals surface area contributed by atoms with Gasteiger partial charge in [0.15, 0.2) is 0 Å². The van der Waals surface area contributed by atoms with Crippen molar-refractivity contribution < 1.29 is 0 Å². The summed E-state index contributed by atoms with van der Waals surface area (Å²) in [5.41, 5.74) is 1.29. The Morgan fingerprint density at radius 3 is 3.07 bits per heavy atom. The van der Waals surface area contributed by atoms with Gasteiger partial charge in [-0.15, -0.1) is 0 Å². The summed E-state index contributed by atoms with van der Waals surface area (Å²) in [6.07, 6.45) is 0.899. The van der Waals surface area contributed by atoms with Crippen molar-refractivity contribution in [2.45, 2.75) is 19.9 Å². The van der Waals surface area contributed by atoms with Gasteiger partial charge in [0.25, 0.3) is 0 Å². The highest BCUT2D eigenvalue weighted by atomic mass is 32.1. The molecular weight excluding hydrogens is 214 g/mol. The highest BCUT2D eigenvalue weighted by Gasteiger charge is 2.01. The van der Waals surface area contributed by atoms with Crippen LogP contribution in [0.1, 0.15) is 18.3 Å². The smallest absolute Gasteiger partial charge is 0.202 e. The average molecular weight is 225 g/mol. The van der Waals surface area contributed by atoms with E-state index >= 15 is 0 Å². The van der Waals surface area contributed by atoms with Crippen LogP contribution in [0.4, 0.5) is 5.13 Å². The van der Waals surface area contributed by atoms with Crippen molar-refractivity contribution >= 4 is 28.0 Å². The Kier molecular flexibility index (Phi) is 3.10. The molecule has 0 aromatic carbocycles. The molecule has 0 fully saturated rings. The van der Waals surface area contributed by atoms with E-state index in [1.54, 1.807) is 11.3 Å². The van der Waals surface area contributed by atoms with Crippen LogP contribution >= 0.6 is 22.9 Å². The van der Waals surface area contributed by atoms with Gasteiger partial charge in [0.1, 0.15) is 5.82 Å². The van der Waals surface area contributed by atoms with E-state index in [1.165, 1.54) is 17.1 Å². The van der Waals surface area contributed by atoms with Crippen LogP contribution in [0, 0.1) is 0 Å². The van der Waals surface area contributed by atoms with E-state index in [4.69, 9.17) is 0 Å².